The third-order valence-electron chi connectivity index (χ3n) is 3.87. The zero-order valence-corrected chi connectivity index (χ0v) is 13.8. The second kappa shape index (κ2) is 8.53. The van der Waals surface area contributed by atoms with Crippen LogP contribution in [0, 0.1) is 5.92 Å². The molecule has 6 heteroatoms. The predicted molar refractivity (Wildman–Crippen MR) is 90.8 cm³/mol. The molecule has 0 saturated carbocycles. The van der Waals surface area contributed by atoms with E-state index in [1.807, 2.05) is 6.92 Å². The van der Waals surface area contributed by atoms with Crippen molar-refractivity contribution in [3.05, 3.63) is 23.8 Å². The molecule has 0 aliphatic carbocycles. The number of amides is 1. The van der Waals surface area contributed by atoms with Gasteiger partial charge in [-0.25, -0.2) is 4.79 Å². The average molecular weight is 319 g/mol. The van der Waals surface area contributed by atoms with Gasteiger partial charge in [-0.3, -0.25) is 4.79 Å². The van der Waals surface area contributed by atoms with Crippen LogP contribution in [-0.4, -0.2) is 38.1 Å². The predicted octanol–water partition coefficient (Wildman–Crippen LogP) is 2.23. The minimum atomic E-state index is -0.382. The lowest BCUT2D eigenvalue weighted by atomic mass is 9.97. The first-order chi connectivity index (χ1) is 11.2. The first kappa shape index (κ1) is 17.3. The van der Waals surface area contributed by atoms with Crippen LogP contribution < -0.4 is 16.0 Å². The zero-order valence-electron chi connectivity index (χ0n) is 13.8. The zero-order chi connectivity index (χ0) is 16.7. The first-order valence-electron chi connectivity index (χ1n) is 8.22. The maximum Gasteiger partial charge on any atom is 0.338 e. The van der Waals surface area contributed by atoms with Crippen molar-refractivity contribution >= 4 is 23.3 Å². The van der Waals surface area contributed by atoms with E-state index in [2.05, 4.69) is 16.0 Å². The molecule has 2 rings (SSSR count). The summed E-state index contributed by atoms with van der Waals surface area (Å²) < 4.78 is 5.02. The molecule has 1 aliphatic heterocycles. The van der Waals surface area contributed by atoms with Crippen molar-refractivity contribution < 1.29 is 14.3 Å². The molecule has 0 aromatic heterocycles. The van der Waals surface area contributed by atoms with Crippen LogP contribution in [-0.2, 0) is 9.53 Å². The van der Waals surface area contributed by atoms with Gasteiger partial charge in [0.25, 0.3) is 0 Å². The molecular formula is C17H25N3O3. The SMILES string of the molecule is CCNc1ccc(C(=O)OCC)cc1NC(=O)C1CCNCC1. The van der Waals surface area contributed by atoms with E-state index in [4.69, 9.17) is 4.74 Å². The highest BCUT2D eigenvalue weighted by Gasteiger charge is 2.22. The number of benzene rings is 1. The Balaban J connectivity index is 2.17. The number of nitrogens with one attached hydrogen (secondary N) is 3. The van der Waals surface area contributed by atoms with Crippen molar-refractivity contribution in [2.24, 2.45) is 5.92 Å². The van der Waals surface area contributed by atoms with E-state index < -0.39 is 0 Å². The summed E-state index contributed by atoms with van der Waals surface area (Å²) in [6, 6.07) is 5.18. The number of anilines is 2. The van der Waals surface area contributed by atoms with E-state index >= 15 is 0 Å². The highest BCUT2D eigenvalue weighted by Crippen LogP contribution is 2.25. The second-order valence-electron chi connectivity index (χ2n) is 5.52. The third kappa shape index (κ3) is 4.69. The fourth-order valence-corrected chi connectivity index (χ4v) is 2.65. The van der Waals surface area contributed by atoms with E-state index in [1.165, 1.54) is 0 Å². The highest BCUT2D eigenvalue weighted by molar-refractivity contribution is 5.98. The Hall–Kier alpha value is -2.08. The summed E-state index contributed by atoms with van der Waals surface area (Å²) >= 11 is 0. The lowest BCUT2D eigenvalue weighted by molar-refractivity contribution is -0.120. The van der Waals surface area contributed by atoms with Gasteiger partial charge in [-0.2, -0.15) is 0 Å². The van der Waals surface area contributed by atoms with Crippen molar-refractivity contribution in [1.82, 2.24) is 5.32 Å². The van der Waals surface area contributed by atoms with Crippen LogP contribution in [0.25, 0.3) is 0 Å². The fraction of sp³-hybridized carbons (Fsp3) is 0.529. The van der Waals surface area contributed by atoms with Crippen LogP contribution in [0.1, 0.15) is 37.0 Å². The average Bonchev–Trinajstić information content (AvgIpc) is 2.57. The molecule has 0 atom stereocenters. The van der Waals surface area contributed by atoms with Crippen LogP contribution in [0.5, 0.6) is 0 Å². The second-order valence-corrected chi connectivity index (χ2v) is 5.52. The Morgan fingerprint density at radius 2 is 1.96 bits per heavy atom. The van der Waals surface area contributed by atoms with Crippen molar-refractivity contribution in [1.29, 1.82) is 0 Å². The molecule has 0 radical (unpaired) electrons. The minimum absolute atomic E-state index is 0.00617. The Morgan fingerprint density at radius 1 is 1.22 bits per heavy atom. The van der Waals surface area contributed by atoms with Crippen LogP contribution >= 0.6 is 0 Å². The van der Waals surface area contributed by atoms with Gasteiger partial charge in [-0.05, 0) is 58.0 Å². The molecule has 1 aliphatic rings. The van der Waals surface area contributed by atoms with Gasteiger partial charge >= 0.3 is 5.97 Å². The quantitative estimate of drug-likeness (QED) is 0.701. The first-order valence-corrected chi connectivity index (χ1v) is 8.22. The number of piperidine rings is 1. The number of esters is 1. The Bertz CT molecular complexity index is 554. The third-order valence-corrected chi connectivity index (χ3v) is 3.87. The van der Waals surface area contributed by atoms with E-state index in [0.29, 0.717) is 17.9 Å². The summed E-state index contributed by atoms with van der Waals surface area (Å²) in [6.07, 6.45) is 1.67. The smallest absolute Gasteiger partial charge is 0.338 e. The van der Waals surface area contributed by atoms with Crippen molar-refractivity contribution in [2.75, 3.05) is 36.9 Å². The number of carbonyl (C=O) groups excluding carboxylic acids is 2. The molecule has 1 heterocycles. The van der Waals surface area contributed by atoms with E-state index in [0.717, 1.165) is 38.2 Å². The normalized spacial score (nSPS) is 15.0. The Labute approximate surface area is 137 Å². The number of ether oxygens (including phenoxy) is 1. The number of hydrogen-bond donors (Lipinski definition) is 3. The molecule has 23 heavy (non-hydrogen) atoms. The molecule has 1 amide bonds. The highest BCUT2D eigenvalue weighted by atomic mass is 16.5. The molecule has 0 unspecified atom stereocenters. The van der Waals surface area contributed by atoms with Gasteiger partial charge < -0.3 is 20.7 Å². The molecule has 6 nitrogen and oxygen atoms in total. The maximum absolute atomic E-state index is 12.4. The van der Waals surface area contributed by atoms with Gasteiger partial charge in [0.15, 0.2) is 0 Å². The molecule has 1 aromatic carbocycles. The summed E-state index contributed by atoms with van der Waals surface area (Å²) in [5, 5.41) is 9.42. The van der Waals surface area contributed by atoms with Gasteiger partial charge in [0.1, 0.15) is 0 Å². The van der Waals surface area contributed by atoms with E-state index in [9.17, 15) is 9.59 Å². The van der Waals surface area contributed by atoms with Crippen molar-refractivity contribution in [3.8, 4) is 0 Å². The molecule has 0 bridgehead atoms. The summed E-state index contributed by atoms with van der Waals surface area (Å²) in [5.41, 5.74) is 1.87. The number of hydrogen-bond acceptors (Lipinski definition) is 5. The monoisotopic (exact) mass is 319 g/mol. The minimum Gasteiger partial charge on any atom is -0.462 e. The molecule has 1 fully saturated rings. The Kier molecular flexibility index (Phi) is 6.40. The number of carbonyl (C=O) groups is 2. The standard InChI is InChI=1S/C17H25N3O3/c1-3-19-14-6-5-13(17(22)23-4-2)11-15(14)20-16(21)12-7-9-18-10-8-12/h5-6,11-12,18-19H,3-4,7-10H2,1-2H3,(H,20,21). The fourth-order valence-electron chi connectivity index (χ4n) is 2.65. The molecule has 126 valence electrons. The van der Waals surface area contributed by atoms with Gasteiger partial charge in [0.2, 0.25) is 5.91 Å². The summed E-state index contributed by atoms with van der Waals surface area (Å²) in [5.74, 6) is -0.364. The van der Waals surface area contributed by atoms with Crippen molar-refractivity contribution in [2.45, 2.75) is 26.7 Å². The summed E-state index contributed by atoms with van der Waals surface area (Å²) in [7, 11) is 0. The topological polar surface area (TPSA) is 79.5 Å². The Morgan fingerprint density at radius 3 is 2.61 bits per heavy atom. The van der Waals surface area contributed by atoms with Crippen LogP contribution in [0.15, 0.2) is 18.2 Å². The maximum atomic E-state index is 12.4. The number of rotatable bonds is 6. The van der Waals surface area contributed by atoms with E-state index in [1.54, 1.807) is 25.1 Å². The van der Waals surface area contributed by atoms with E-state index in [-0.39, 0.29) is 17.8 Å². The lowest BCUT2D eigenvalue weighted by Crippen LogP contribution is -2.34. The molecule has 1 aromatic rings. The van der Waals surface area contributed by atoms with Crippen molar-refractivity contribution in [3.63, 3.8) is 0 Å². The van der Waals surface area contributed by atoms with Gasteiger partial charge in [-0.15, -0.1) is 0 Å². The van der Waals surface area contributed by atoms with Gasteiger partial charge in [0, 0.05) is 12.5 Å². The van der Waals surface area contributed by atoms with Gasteiger partial charge in [-0.1, -0.05) is 0 Å². The largest absolute Gasteiger partial charge is 0.462 e. The molecule has 0 spiro atoms. The molecule has 1 saturated heterocycles. The summed E-state index contributed by atoms with van der Waals surface area (Å²) in [4.78, 5) is 24.3. The summed E-state index contributed by atoms with van der Waals surface area (Å²) in [6.45, 7) is 6.53. The van der Waals surface area contributed by atoms with Gasteiger partial charge in [0.05, 0.1) is 23.5 Å². The van der Waals surface area contributed by atoms with Crippen LogP contribution in [0.4, 0.5) is 11.4 Å². The van der Waals surface area contributed by atoms with Crippen LogP contribution in [0.2, 0.25) is 0 Å². The molecular weight excluding hydrogens is 294 g/mol. The molecule has 3 N–H and O–H groups in total. The van der Waals surface area contributed by atoms with Crippen LogP contribution in [0.3, 0.4) is 0 Å². The lowest BCUT2D eigenvalue weighted by Gasteiger charge is -2.22.